The van der Waals surface area contributed by atoms with Gasteiger partial charge in [-0.05, 0) is 12.1 Å². The van der Waals surface area contributed by atoms with E-state index in [1.54, 1.807) is 0 Å². The van der Waals surface area contributed by atoms with Gasteiger partial charge < -0.3 is 25.1 Å². The lowest BCUT2D eigenvalue weighted by Gasteiger charge is -2.10. The summed E-state index contributed by atoms with van der Waals surface area (Å²) in [6, 6.07) is 2.42. The predicted octanol–water partition coefficient (Wildman–Crippen LogP) is -1.47. The summed E-state index contributed by atoms with van der Waals surface area (Å²) >= 11 is 0. The van der Waals surface area contributed by atoms with Crippen molar-refractivity contribution >= 4 is 23.3 Å². The minimum absolute atomic E-state index is 0.286. The maximum atomic E-state index is 12.8. The van der Waals surface area contributed by atoms with Crippen LogP contribution in [0.5, 0.6) is 0 Å². The van der Waals surface area contributed by atoms with Crippen LogP contribution in [-0.2, 0) is 9.59 Å². The molecular formula is C10H5FN2O6-2. The zero-order valence-electron chi connectivity index (χ0n) is 9.08. The zero-order valence-corrected chi connectivity index (χ0v) is 9.08. The molecule has 0 aliphatic rings. The van der Waals surface area contributed by atoms with Gasteiger partial charge in [0.15, 0.2) is 0 Å². The molecule has 0 spiro atoms. The zero-order chi connectivity index (χ0) is 14.6. The molecule has 0 radical (unpaired) electrons. The summed E-state index contributed by atoms with van der Waals surface area (Å²) < 4.78 is 12.8. The highest BCUT2D eigenvalue weighted by molar-refractivity contribution is 6.10. The second-order valence-corrected chi connectivity index (χ2v) is 3.20. The molecule has 0 saturated heterocycles. The highest BCUT2D eigenvalue weighted by Crippen LogP contribution is 2.25. The number of hydrogen-bond donors (Lipinski definition) is 1. The van der Waals surface area contributed by atoms with Gasteiger partial charge in [0.1, 0.15) is 11.5 Å². The fraction of sp³-hybridized carbons (Fsp3) is 0. The summed E-state index contributed by atoms with van der Waals surface area (Å²) in [6.07, 6.45) is 0.449. The number of hydrogen-bond acceptors (Lipinski definition) is 7. The van der Waals surface area contributed by atoms with Gasteiger partial charge in [-0.3, -0.25) is 10.1 Å². The van der Waals surface area contributed by atoms with Crippen LogP contribution in [0.25, 0.3) is 0 Å². The average Bonchev–Trinajstić information content (AvgIpc) is 2.29. The van der Waals surface area contributed by atoms with Crippen LogP contribution >= 0.6 is 0 Å². The van der Waals surface area contributed by atoms with Crippen molar-refractivity contribution in [1.82, 2.24) is 0 Å². The largest absolute Gasteiger partial charge is 0.545 e. The van der Waals surface area contributed by atoms with E-state index in [0.717, 1.165) is 12.1 Å². The van der Waals surface area contributed by atoms with Gasteiger partial charge in [0.05, 0.1) is 22.9 Å². The smallest absolute Gasteiger partial charge is 0.295 e. The molecule has 0 saturated carbocycles. The third kappa shape index (κ3) is 3.49. The first-order valence-corrected chi connectivity index (χ1v) is 4.66. The monoisotopic (exact) mass is 268 g/mol. The van der Waals surface area contributed by atoms with E-state index in [-0.39, 0.29) is 5.69 Å². The van der Waals surface area contributed by atoms with Gasteiger partial charge in [-0.1, -0.05) is 0 Å². The number of nitrogens with one attached hydrogen (secondary N) is 1. The maximum Gasteiger partial charge on any atom is 0.295 e. The predicted molar refractivity (Wildman–Crippen MR) is 54.8 cm³/mol. The lowest BCUT2D eigenvalue weighted by Crippen LogP contribution is -2.36. The second kappa shape index (κ2) is 5.58. The molecular weight excluding hydrogens is 263 g/mol. The highest BCUT2D eigenvalue weighted by Gasteiger charge is 2.14. The van der Waals surface area contributed by atoms with Crippen molar-refractivity contribution in [3.05, 3.63) is 45.9 Å². The number of benzene rings is 1. The van der Waals surface area contributed by atoms with Crippen molar-refractivity contribution in [2.45, 2.75) is 0 Å². The standard InChI is InChI=1S/C10H7FN2O6/c11-5-1-2-7(8(3-5)13(18)19)12-4-6(9(14)15)10(16)17/h1-4,12H,(H,14,15)(H,16,17)/p-2. The lowest BCUT2D eigenvalue weighted by molar-refractivity contribution is -0.384. The number of carbonyl (C=O) groups is 2. The quantitative estimate of drug-likeness (QED) is 0.226. The Bertz CT molecular complexity index is 567. The summed E-state index contributed by atoms with van der Waals surface area (Å²) in [4.78, 5) is 30.5. The molecule has 0 fully saturated rings. The van der Waals surface area contributed by atoms with E-state index in [9.17, 15) is 34.3 Å². The Hall–Kier alpha value is -2.97. The van der Waals surface area contributed by atoms with Crippen molar-refractivity contribution in [2.24, 2.45) is 0 Å². The molecule has 0 aliphatic heterocycles. The van der Waals surface area contributed by atoms with Crippen molar-refractivity contribution in [3.63, 3.8) is 0 Å². The van der Waals surface area contributed by atoms with Gasteiger partial charge in [0.25, 0.3) is 5.69 Å². The molecule has 0 aromatic heterocycles. The van der Waals surface area contributed by atoms with Crippen molar-refractivity contribution in [1.29, 1.82) is 0 Å². The summed E-state index contributed by atoms with van der Waals surface area (Å²) in [7, 11) is 0. The fourth-order valence-corrected chi connectivity index (χ4v) is 1.13. The Morgan fingerprint density at radius 2 is 1.84 bits per heavy atom. The number of halogens is 1. The molecule has 19 heavy (non-hydrogen) atoms. The van der Waals surface area contributed by atoms with Crippen LogP contribution in [0.15, 0.2) is 30.0 Å². The Kier molecular flexibility index (Phi) is 4.14. The lowest BCUT2D eigenvalue weighted by atomic mass is 10.2. The van der Waals surface area contributed by atoms with Crippen molar-refractivity contribution in [3.8, 4) is 0 Å². The minimum atomic E-state index is -2.03. The number of aliphatic carboxylic acids is 2. The molecule has 0 heterocycles. The van der Waals surface area contributed by atoms with Gasteiger partial charge in [-0.15, -0.1) is 0 Å². The molecule has 0 aliphatic carbocycles. The number of carbonyl (C=O) groups excluding carboxylic acids is 2. The van der Waals surface area contributed by atoms with E-state index in [2.05, 4.69) is 5.32 Å². The van der Waals surface area contributed by atoms with Gasteiger partial charge >= 0.3 is 0 Å². The van der Waals surface area contributed by atoms with Gasteiger partial charge in [-0.2, -0.15) is 0 Å². The maximum absolute atomic E-state index is 12.8. The number of nitrogens with zero attached hydrogens (tertiary/aromatic N) is 1. The summed E-state index contributed by atoms with van der Waals surface area (Å²) in [6.45, 7) is 0. The topological polar surface area (TPSA) is 135 Å². The third-order valence-electron chi connectivity index (χ3n) is 1.97. The first-order valence-electron chi connectivity index (χ1n) is 4.66. The van der Waals surface area contributed by atoms with E-state index >= 15 is 0 Å². The average molecular weight is 268 g/mol. The van der Waals surface area contributed by atoms with E-state index in [0.29, 0.717) is 12.3 Å². The Labute approximate surface area is 104 Å². The van der Waals surface area contributed by atoms with Crippen LogP contribution in [0.4, 0.5) is 15.8 Å². The Balaban J connectivity index is 3.13. The highest BCUT2D eigenvalue weighted by atomic mass is 19.1. The van der Waals surface area contributed by atoms with E-state index in [1.807, 2.05) is 0 Å². The van der Waals surface area contributed by atoms with Crippen LogP contribution < -0.4 is 15.5 Å². The molecule has 100 valence electrons. The number of carboxylic acid groups (broad SMARTS) is 2. The Morgan fingerprint density at radius 3 is 2.32 bits per heavy atom. The minimum Gasteiger partial charge on any atom is -0.545 e. The molecule has 0 atom stereocenters. The van der Waals surface area contributed by atoms with Crippen LogP contribution in [-0.4, -0.2) is 16.9 Å². The first kappa shape index (κ1) is 14.1. The third-order valence-corrected chi connectivity index (χ3v) is 1.97. The summed E-state index contributed by atoms with van der Waals surface area (Å²) in [5.41, 5.74) is -2.21. The summed E-state index contributed by atoms with van der Waals surface area (Å²) in [5, 5.41) is 33.5. The number of nitro benzene ring substituents is 1. The van der Waals surface area contributed by atoms with E-state index < -0.39 is 33.9 Å². The fourth-order valence-electron chi connectivity index (χ4n) is 1.13. The van der Waals surface area contributed by atoms with E-state index in [1.165, 1.54) is 0 Å². The van der Waals surface area contributed by atoms with Crippen LogP contribution in [0.3, 0.4) is 0 Å². The normalized spacial score (nSPS) is 9.53. The molecule has 1 N–H and O–H groups in total. The molecule has 1 rings (SSSR count). The van der Waals surface area contributed by atoms with Crippen LogP contribution in [0, 0.1) is 15.9 Å². The molecule has 8 nitrogen and oxygen atoms in total. The Morgan fingerprint density at radius 1 is 1.26 bits per heavy atom. The first-order chi connectivity index (χ1) is 8.82. The second-order valence-electron chi connectivity index (χ2n) is 3.20. The van der Waals surface area contributed by atoms with Crippen LogP contribution in [0.2, 0.25) is 0 Å². The van der Waals surface area contributed by atoms with Gasteiger partial charge in [0.2, 0.25) is 0 Å². The number of rotatable bonds is 5. The molecule has 1 aromatic carbocycles. The van der Waals surface area contributed by atoms with E-state index in [4.69, 9.17) is 0 Å². The number of anilines is 1. The summed E-state index contributed by atoms with van der Waals surface area (Å²) in [5.74, 6) is -4.93. The van der Waals surface area contributed by atoms with Gasteiger partial charge in [0, 0.05) is 11.8 Å². The molecule has 1 aromatic rings. The molecule has 0 bridgehead atoms. The van der Waals surface area contributed by atoms with Crippen molar-refractivity contribution in [2.75, 3.05) is 5.32 Å². The molecule has 0 amide bonds. The van der Waals surface area contributed by atoms with Crippen LogP contribution in [0.1, 0.15) is 0 Å². The molecule has 0 unspecified atom stereocenters. The van der Waals surface area contributed by atoms with Gasteiger partial charge in [-0.25, -0.2) is 4.39 Å². The number of carboxylic acids is 2. The van der Waals surface area contributed by atoms with Crippen molar-refractivity contribution < 1.29 is 29.1 Å². The SMILES string of the molecule is O=C([O-])C(=CNc1ccc(F)cc1[N+](=O)[O-])C(=O)[O-]. The number of nitro groups is 1. The molecule has 9 heteroatoms.